The first-order valence-corrected chi connectivity index (χ1v) is 9.09. The number of hydrogen-bond donors (Lipinski definition) is 1. The van der Waals surface area contributed by atoms with Crippen molar-refractivity contribution in [2.75, 3.05) is 60.1 Å². The van der Waals surface area contributed by atoms with Gasteiger partial charge in [0.2, 0.25) is 0 Å². The molecule has 0 saturated carbocycles. The van der Waals surface area contributed by atoms with Crippen molar-refractivity contribution in [1.82, 2.24) is 15.1 Å². The van der Waals surface area contributed by atoms with Gasteiger partial charge in [0.05, 0.1) is 11.9 Å². The van der Waals surface area contributed by atoms with E-state index in [0.717, 1.165) is 45.1 Å². The van der Waals surface area contributed by atoms with Crippen LogP contribution in [0, 0.1) is 0 Å². The Bertz CT molecular complexity index is 603. The minimum atomic E-state index is -0.203. The van der Waals surface area contributed by atoms with E-state index >= 15 is 0 Å². The van der Waals surface area contributed by atoms with Crippen molar-refractivity contribution in [3.05, 3.63) is 24.2 Å². The van der Waals surface area contributed by atoms with Crippen LogP contribution >= 0.6 is 0 Å². The predicted octanol–water partition coefficient (Wildman–Crippen LogP) is 0.808. The lowest BCUT2D eigenvalue weighted by atomic mass is 9.94. The number of rotatable bonds is 4. The fourth-order valence-electron chi connectivity index (χ4n) is 3.45. The first-order valence-electron chi connectivity index (χ1n) is 9.09. The van der Waals surface area contributed by atoms with Gasteiger partial charge in [-0.1, -0.05) is 0 Å². The van der Waals surface area contributed by atoms with Crippen molar-refractivity contribution in [1.29, 1.82) is 0 Å². The Labute approximate surface area is 154 Å². The number of aliphatic imine (C=N–C) groups is 1. The van der Waals surface area contributed by atoms with E-state index in [4.69, 9.17) is 13.9 Å². The molecule has 0 spiro atoms. The quantitative estimate of drug-likeness (QED) is 0.629. The molecule has 0 aliphatic carbocycles. The van der Waals surface area contributed by atoms with Crippen molar-refractivity contribution < 1.29 is 18.7 Å². The maximum Gasteiger partial charge on any atom is 0.289 e. The van der Waals surface area contributed by atoms with Crippen molar-refractivity contribution in [2.24, 2.45) is 4.99 Å². The summed E-state index contributed by atoms with van der Waals surface area (Å²) in [5, 5.41) is 3.45. The molecular formula is C18H28N4O4. The summed E-state index contributed by atoms with van der Waals surface area (Å²) in [4.78, 5) is 20.8. The Balaban J connectivity index is 1.51. The van der Waals surface area contributed by atoms with Gasteiger partial charge in [-0.25, -0.2) is 0 Å². The molecule has 1 N–H and O–H groups in total. The molecule has 144 valence electrons. The molecule has 2 aliphatic heterocycles. The van der Waals surface area contributed by atoms with Gasteiger partial charge in [0.15, 0.2) is 11.7 Å². The topological polar surface area (TPSA) is 79.5 Å². The van der Waals surface area contributed by atoms with Crippen LogP contribution in [0.4, 0.5) is 0 Å². The molecule has 8 heteroatoms. The highest BCUT2D eigenvalue weighted by Crippen LogP contribution is 2.23. The lowest BCUT2D eigenvalue weighted by Crippen LogP contribution is -2.56. The zero-order valence-electron chi connectivity index (χ0n) is 15.6. The third kappa shape index (κ3) is 4.19. The van der Waals surface area contributed by atoms with Gasteiger partial charge < -0.3 is 29.0 Å². The van der Waals surface area contributed by atoms with Crippen molar-refractivity contribution in [3.63, 3.8) is 0 Å². The molecule has 0 bridgehead atoms. The van der Waals surface area contributed by atoms with Crippen LogP contribution in [-0.2, 0) is 9.47 Å². The summed E-state index contributed by atoms with van der Waals surface area (Å²) >= 11 is 0. The molecule has 2 fully saturated rings. The average molecular weight is 364 g/mol. The van der Waals surface area contributed by atoms with Crippen LogP contribution in [-0.4, -0.2) is 87.4 Å². The number of ether oxygens (including phenoxy) is 2. The van der Waals surface area contributed by atoms with E-state index in [1.807, 2.05) is 4.90 Å². The van der Waals surface area contributed by atoms with Crippen LogP contribution in [0.15, 0.2) is 27.8 Å². The molecule has 26 heavy (non-hydrogen) atoms. The molecule has 3 rings (SSSR count). The minimum absolute atomic E-state index is 0.0573. The van der Waals surface area contributed by atoms with E-state index in [0.29, 0.717) is 25.4 Å². The minimum Gasteiger partial charge on any atom is -0.459 e. The molecule has 0 radical (unpaired) electrons. The first kappa shape index (κ1) is 18.7. The first-order chi connectivity index (χ1) is 12.7. The van der Waals surface area contributed by atoms with Gasteiger partial charge in [-0.2, -0.15) is 0 Å². The largest absolute Gasteiger partial charge is 0.459 e. The van der Waals surface area contributed by atoms with E-state index < -0.39 is 0 Å². The van der Waals surface area contributed by atoms with Gasteiger partial charge >= 0.3 is 0 Å². The fourth-order valence-corrected chi connectivity index (χ4v) is 3.45. The zero-order chi connectivity index (χ0) is 18.4. The van der Waals surface area contributed by atoms with E-state index in [-0.39, 0.29) is 11.5 Å². The van der Waals surface area contributed by atoms with Crippen molar-refractivity contribution >= 4 is 11.9 Å². The van der Waals surface area contributed by atoms with Crippen LogP contribution < -0.4 is 5.32 Å². The molecule has 8 nitrogen and oxygen atoms in total. The highest BCUT2D eigenvalue weighted by Gasteiger charge is 2.33. The van der Waals surface area contributed by atoms with E-state index in [1.165, 1.54) is 6.26 Å². The molecule has 3 heterocycles. The van der Waals surface area contributed by atoms with Crippen molar-refractivity contribution in [3.8, 4) is 0 Å². The SMILES string of the molecule is CN=C(NCC1(OC)CCOCC1)N1CCN(C(=O)c2ccco2)CC1. The number of furan rings is 1. The maximum absolute atomic E-state index is 12.4. The molecule has 0 atom stereocenters. The van der Waals surface area contributed by atoms with Crippen LogP contribution in [0.3, 0.4) is 0 Å². The third-order valence-electron chi connectivity index (χ3n) is 5.22. The van der Waals surface area contributed by atoms with Crippen LogP contribution in [0.5, 0.6) is 0 Å². The second-order valence-corrected chi connectivity index (χ2v) is 6.66. The normalized spacial score (nSPS) is 20.9. The highest BCUT2D eigenvalue weighted by atomic mass is 16.5. The fraction of sp³-hybridized carbons (Fsp3) is 0.667. The Morgan fingerprint density at radius 3 is 2.54 bits per heavy atom. The third-order valence-corrected chi connectivity index (χ3v) is 5.22. The smallest absolute Gasteiger partial charge is 0.289 e. The molecule has 1 aromatic rings. The molecule has 1 aromatic heterocycles. The van der Waals surface area contributed by atoms with Gasteiger partial charge in [-0.3, -0.25) is 9.79 Å². The number of piperazine rings is 1. The Morgan fingerprint density at radius 1 is 1.27 bits per heavy atom. The maximum atomic E-state index is 12.4. The molecule has 1 amide bonds. The molecular weight excluding hydrogens is 336 g/mol. The summed E-state index contributed by atoms with van der Waals surface area (Å²) in [6.07, 6.45) is 3.27. The lowest BCUT2D eigenvalue weighted by molar-refractivity contribution is -0.0858. The summed E-state index contributed by atoms with van der Waals surface area (Å²) < 4.78 is 16.4. The molecule has 2 saturated heterocycles. The van der Waals surface area contributed by atoms with E-state index in [9.17, 15) is 4.79 Å². The highest BCUT2D eigenvalue weighted by molar-refractivity contribution is 5.91. The average Bonchev–Trinajstić information content (AvgIpc) is 3.24. The second-order valence-electron chi connectivity index (χ2n) is 6.66. The zero-order valence-corrected chi connectivity index (χ0v) is 15.6. The number of nitrogens with zero attached hydrogens (tertiary/aromatic N) is 3. The standard InChI is InChI=1S/C18H28N4O4/c1-19-17(20-14-18(24-2)5-12-25-13-6-18)22-9-7-21(8-10-22)16(23)15-4-3-11-26-15/h3-4,11H,5-10,12-14H2,1-2H3,(H,19,20). The van der Waals surface area contributed by atoms with Gasteiger partial charge in [0, 0.05) is 72.9 Å². The summed E-state index contributed by atoms with van der Waals surface area (Å²) in [5.41, 5.74) is -0.203. The van der Waals surface area contributed by atoms with Crippen molar-refractivity contribution in [2.45, 2.75) is 18.4 Å². The summed E-state index contributed by atoms with van der Waals surface area (Å²) in [6.45, 7) is 4.89. The number of methoxy groups -OCH3 is 1. The number of carbonyl (C=O) groups is 1. The number of guanidine groups is 1. The number of amides is 1. The lowest BCUT2D eigenvalue weighted by Gasteiger charge is -2.39. The van der Waals surface area contributed by atoms with Crippen LogP contribution in [0.25, 0.3) is 0 Å². The van der Waals surface area contributed by atoms with Gasteiger partial charge in [0.1, 0.15) is 0 Å². The van der Waals surface area contributed by atoms with Gasteiger partial charge in [0.25, 0.3) is 5.91 Å². The summed E-state index contributed by atoms with van der Waals surface area (Å²) in [5.74, 6) is 1.18. The Kier molecular flexibility index (Phi) is 6.16. The van der Waals surface area contributed by atoms with Gasteiger partial charge in [-0.05, 0) is 12.1 Å². The molecule has 0 aromatic carbocycles. The van der Waals surface area contributed by atoms with E-state index in [1.54, 1.807) is 26.3 Å². The summed E-state index contributed by atoms with van der Waals surface area (Å²) in [6, 6.07) is 3.43. The van der Waals surface area contributed by atoms with Gasteiger partial charge in [-0.15, -0.1) is 0 Å². The molecule has 0 unspecified atom stereocenters. The number of nitrogens with one attached hydrogen (secondary N) is 1. The predicted molar refractivity (Wildman–Crippen MR) is 97.3 cm³/mol. The second kappa shape index (κ2) is 8.55. The summed E-state index contributed by atoms with van der Waals surface area (Å²) in [7, 11) is 3.54. The monoisotopic (exact) mass is 364 g/mol. The van der Waals surface area contributed by atoms with E-state index in [2.05, 4.69) is 15.2 Å². The Hall–Kier alpha value is -2.06. The molecule has 2 aliphatic rings. The van der Waals surface area contributed by atoms with Crippen LogP contribution in [0.2, 0.25) is 0 Å². The number of hydrogen-bond acceptors (Lipinski definition) is 5. The number of carbonyl (C=O) groups excluding carboxylic acids is 1. The Morgan fingerprint density at radius 2 is 1.96 bits per heavy atom. The van der Waals surface area contributed by atoms with Crippen LogP contribution in [0.1, 0.15) is 23.4 Å².